The third-order valence-electron chi connectivity index (χ3n) is 2.66. The van der Waals surface area contributed by atoms with Crippen molar-refractivity contribution in [1.82, 2.24) is 9.78 Å². The number of nitriles is 1. The molecular formula is C13H10N4O4. The molecule has 1 aromatic carbocycles. The van der Waals surface area contributed by atoms with E-state index in [2.05, 4.69) is 5.10 Å². The van der Waals surface area contributed by atoms with Gasteiger partial charge in [0.25, 0.3) is 5.69 Å². The lowest BCUT2D eigenvalue weighted by atomic mass is 10.2. The van der Waals surface area contributed by atoms with E-state index in [1.54, 1.807) is 13.0 Å². The Balaban J connectivity index is 2.37. The molecule has 1 heterocycles. The molecule has 2 aromatic rings. The predicted octanol–water partition coefficient (Wildman–Crippen LogP) is 1.83. The molecular weight excluding hydrogens is 276 g/mol. The van der Waals surface area contributed by atoms with Gasteiger partial charge in [0.1, 0.15) is 11.6 Å². The molecule has 0 bridgehead atoms. The second-order valence-electron chi connectivity index (χ2n) is 3.96. The highest BCUT2D eigenvalue weighted by Crippen LogP contribution is 2.21. The number of hydrogen-bond donors (Lipinski definition) is 0. The Morgan fingerprint density at radius 2 is 2.33 bits per heavy atom. The Hall–Kier alpha value is -3.21. The SMILES string of the molecule is CCOC(=O)c1cnn(-c2ccc([N+](=O)[O-])c(C#N)c2)c1. The van der Waals surface area contributed by atoms with Gasteiger partial charge in [-0.25, -0.2) is 9.48 Å². The zero-order valence-electron chi connectivity index (χ0n) is 11.0. The van der Waals surface area contributed by atoms with Crippen molar-refractivity contribution >= 4 is 11.7 Å². The van der Waals surface area contributed by atoms with Gasteiger partial charge >= 0.3 is 5.97 Å². The quantitative estimate of drug-likeness (QED) is 0.481. The van der Waals surface area contributed by atoms with E-state index in [-0.39, 0.29) is 23.4 Å². The molecule has 0 saturated heterocycles. The summed E-state index contributed by atoms with van der Waals surface area (Å²) in [5.74, 6) is -0.508. The molecule has 0 fully saturated rings. The molecule has 1 aromatic heterocycles. The van der Waals surface area contributed by atoms with E-state index in [1.165, 1.54) is 35.3 Å². The third-order valence-corrected chi connectivity index (χ3v) is 2.66. The standard InChI is InChI=1S/C13H10N4O4/c1-2-21-13(18)10-7-15-16(8-10)11-3-4-12(17(19)20)9(5-11)6-14/h3-5,7-8H,2H2,1H3. The number of aromatic nitrogens is 2. The first-order valence-corrected chi connectivity index (χ1v) is 5.97. The third kappa shape index (κ3) is 2.87. The van der Waals surface area contributed by atoms with E-state index in [9.17, 15) is 14.9 Å². The van der Waals surface area contributed by atoms with Crippen LogP contribution in [-0.2, 0) is 4.74 Å². The van der Waals surface area contributed by atoms with Crippen LogP contribution in [0.15, 0.2) is 30.6 Å². The van der Waals surface area contributed by atoms with Gasteiger partial charge in [0.05, 0.1) is 29.0 Å². The van der Waals surface area contributed by atoms with E-state index in [1.807, 2.05) is 0 Å². The van der Waals surface area contributed by atoms with Gasteiger partial charge in [0.2, 0.25) is 0 Å². The van der Waals surface area contributed by atoms with Crippen molar-refractivity contribution in [3.63, 3.8) is 0 Å². The molecule has 106 valence electrons. The van der Waals surface area contributed by atoms with Gasteiger partial charge in [-0.15, -0.1) is 0 Å². The minimum Gasteiger partial charge on any atom is -0.462 e. The average Bonchev–Trinajstić information content (AvgIpc) is 2.96. The van der Waals surface area contributed by atoms with Crippen LogP contribution >= 0.6 is 0 Å². The van der Waals surface area contributed by atoms with Crippen molar-refractivity contribution in [2.75, 3.05) is 6.61 Å². The van der Waals surface area contributed by atoms with Gasteiger partial charge in [-0.05, 0) is 19.1 Å². The van der Waals surface area contributed by atoms with Crippen LogP contribution in [0.25, 0.3) is 5.69 Å². The molecule has 0 aliphatic heterocycles. The van der Waals surface area contributed by atoms with Crippen LogP contribution in [0.3, 0.4) is 0 Å². The van der Waals surface area contributed by atoms with Crippen LogP contribution in [0.2, 0.25) is 0 Å². The maximum absolute atomic E-state index is 11.5. The highest BCUT2D eigenvalue weighted by Gasteiger charge is 2.16. The molecule has 2 rings (SSSR count). The van der Waals surface area contributed by atoms with Crippen LogP contribution in [0, 0.1) is 21.4 Å². The molecule has 0 aliphatic carbocycles. The highest BCUT2D eigenvalue weighted by molar-refractivity contribution is 5.88. The Kier molecular flexibility index (Phi) is 3.95. The fourth-order valence-corrected chi connectivity index (χ4v) is 1.70. The van der Waals surface area contributed by atoms with Crippen LogP contribution in [0.5, 0.6) is 0 Å². The monoisotopic (exact) mass is 286 g/mol. The molecule has 0 spiro atoms. The first-order valence-electron chi connectivity index (χ1n) is 5.97. The lowest BCUT2D eigenvalue weighted by molar-refractivity contribution is -0.385. The first-order chi connectivity index (χ1) is 10.1. The summed E-state index contributed by atoms with van der Waals surface area (Å²) >= 11 is 0. The van der Waals surface area contributed by atoms with Gasteiger partial charge in [0.15, 0.2) is 0 Å². The number of benzene rings is 1. The summed E-state index contributed by atoms with van der Waals surface area (Å²) < 4.78 is 6.18. The van der Waals surface area contributed by atoms with Crippen molar-refractivity contribution in [3.8, 4) is 11.8 Å². The molecule has 0 radical (unpaired) electrons. The Bertz CT molecular complexity index is 745. The van der Waals surface area contributed by atoms with Crippen molar-refractivity contribution in [3.05, 3.63) is 51.8 Å². The molecule has 0 unspecified atom stereocenters. The van der Waals surface area contributed by atoms with Crippen molar-refractivity contribution in [2.24, 2.45) is 0 Å². The van der Waals surface area contributed by atoms with Crippen LogP contribution in [0.1, 0.15) is 22.8 Å². The summed E-state index contributed by atoms with van der Waals surface area (Å²) in [6.07, 6.45) is 2.76. The predicted molar refractivity (Wildman–Crippen MR) is 70.9 cm³/mol. The number of nitrogens with zero attached hydrogens (tertiary/aromatic N) is 4. The van der Waals surface area contributed by atoms with Crippen molar-refractivity contribution < 1.29 is 14.5 Å². The number of hydrogen-bond acceptors (Lipinski definition) is 6. The summed E-state index contributed by atoms with van der Waals surface area (Å²) in [6.45, 7) is 1.94. The molecule has 8 nitrogen and oxygen atoms in total. The summed E-state index contributed by atoms with van der Waals surface area (Å²) in [5, 5.41) is 23.7. The number of ether oxygens (including phenoxy) is 1. The fourth-order valence-electron chi connectivity index (χ4n) is 1.70. The Morgan fingerprint density at radius 3 is 2.95 bits per heavy atom. The lowest BCUT2D eigenvalue weighted by Crippen LogP contribution is -2.03. The van der Waals surface area contributed by atoms with Crippen molar-refractivity contribution in [2.45, 2.75) is 6.92 Å². The number of carbonyl (C=O) groups is 1. The average molecular weight is 286 g/mol. The molecule has 0 atom stereocenters. The van der Waals surface area contributed by atoms with E-state index in [0.29, 0.717) is 5.69 Å². The number of esters is 1. The van der Waals surface area contributed by atoms with Gasteiger partial charge in [-0.2, -0.15) is 10.4 Å². The van der Waals surface area contributed by atoms with Gasteiger partial charge in [-0.1, -0.05) is 0 Å². The zero-order chi connectivity index (χ0) is 15.4. The lowest BCUT2D eigenvalue weighted by Gasteiger charge is -2.02. The normalized spacial score (nSPS) is 9.90. The minimum atomic E-state index is -0.629. The second kappa shape index (κ2) is 5.83. The molecule has 0 aliphatic rings. The van der Waals surface area contributed by atoms with Crippen molar-refractivity contribution in [1.29, 1.82) is 5.26 Å². The van der Waals surface area contributed by atoms with E-state index < -0.39 is 10.9 Å². The Labute approximate surface area is 119 Å². The van der Waals surface area contributed by atoms with Crippen LogP contribution < -0.4 is 0 Å². The summed E-state index contributed by atoms with van der Waals surface area (Å²) in [6, 6.07) is 5.76. The Morgan fingerprint density at radius 1 is 1.57 bits per heavy atom. The number of nitro benzene ring substituents is 1. The first kappa shape index (κ1) is 14.2. The molecule has 0 saturated carbocycles. The summed E-state index contributed by atoms with van der Waals surface area (Å²) in [4.78, 5) is 21.7. The minimum absolute atomic E-state index is 0.0781. The molecule has 8 heteroatoms. The molecule has 21 heavy (non-hydrogen) atoms. The number of rotatable bonds is 4. The highest BCUT2D eigenvalue weighted by atomic mass is 16.6. The van der Waals surface area contributed by atoms with Gasteiger partial charge in [-0.3, -0.25) is 10.1 Å². The fraction of sp³-hybridized carbons (Fsp3) is 0.154. The maximum Gasteiger partial charge on any atom is 0.341 e. The van der Waals surface area contributed by atoms with E-state index in [4.69, 9.17) is 10.00 Å². The summed E-state index contributed by atoms with van der Waals surface area (Å²) in [7, 11) is 0. The van der Waals surface area contributed by atoms with Gasteiger partial charge in [0, 0.05) is 12.3 Å². The summed E-state index contributed by atoms with van der Waals surface area (Å²) in [5.41, 5.74) is 0.339. The molecule has 0 N–H and O–H groups in total. The zero-order valence-corrected chi connectivity index (χ0v) is 11.0. The van der Waals surface area contributed by atoms with Gasteiger partial charge < -0.3 is 4.74 Å². The number of nitro groups is 1. The topological polar surface area (TPSA) is 111 Å². The largest absolute Gasteiger partial charge is 0.462 e. The smallest absolute Gasteiger partial charge is 0.341 e. The van der Waals surface area contributed by atoms with E-state index in [0.717, 1.165) is 0 Å². The molecule has 0 amide bonds. The van der Waals surface area contributed by atoms with Crippen LogP contribution in [0.4, 0.5) is 5.69 Å². The second-order valence-corrected chi connectivity index (χ2v) is 3.96. The maximum atomic E-state index is 11.5. The van der Waals surface area contributed by atoms with E-state index >= 15 is 0 Å². The number of carbonyl (C=O) groups excluding carboxylic acids is 1. The van der Waals surface area contributed by atoms with Crippen LogP contribution in [-0.4, -0.2) is 27.3 Å².